The average molecular weight is 202 g/mol. The van der Waals surface area contributed by atoms with Crippen molar-refractivity contribution in [2.75, 3.05) is 0 Å². The lowest BCUT2D eigenvalue weighted by atomic mass is 10.2. The predicted molar refractivity (Wildman–Crippen MR) is 58.5 cm³/mol. The fraction of sp³-hybridized carbons (Fsp3) is 0.778. The highest BCUT2D eigenvalue weighted by atomic mass is 32.1. The van der Waals surface area contributed by atoms with Crippen molar-refractivity contribution in [1.29, 1.82) is 0 Å². The molecule has 3 N–H and O–H groups in total. The maximum atomic E-state index is 11.2. The summed E-state index contributed by atoms with van der Waals surface area (Å²) in [5.41, 5.74) is 5.36. The predicted octanol–water partition coefficient (Wildman–Crippen LogP) is 1.36. The van der Waals surface area contributed by atoms with Crippen molar-refractivity contribution in [2.24, 2.45) is 5.73 Å². The Kier molecular flexibility index (Phi) is 6.49. The SMILES string of the molecule is CCCCCC(=O)NC(C)C(N)=S. The summed E-state index contributed by atoms with van der Waals surface area (Å²) in [7, 11) is 0. The van der Waals surface area contributed by atoms with Gasteiger partial charge in [0.25, 0.3) is 0 Å². The van der Waals surface area contributed by atoms with Gasteiger partial charge < -0.3 is 11.1 Å². The molecule has 0 aliphatic heterocycles. The Morgan fingerprint density at radius 3 is 2.62 bits per heavy atom. The minimum Gasteiger partial charge on any atom is -0.392 e. The zero-order valence-corrected chi connectivity index (χ0v) is 9.12. The highest BCUT2D eigenvalue weighted by molar-refractivity contribution is 7.80. The molecule has 1 unspecified atom stereocenters. The van der Waals surface area contributed by atoms with Crippen LogP contribution in [-0.4, -0.2) is 16.9 Å². The van der Waals surface area contributed by atoms with Gasteiger partial charge in [-0.2, -0.15) is 0 Å². The summed E-state index contributed by atoms with van der Waals surface area (Å²) in [5.74, 6) is 0.0359. The Hall–Kier alpha value is -0.640. The number of carbonyl (C=O) groups is 1. The Bertz CT molecular complexity index is 182. The summed E-state index contributed by atoms with van der Waals surface area (Å²) in [6.45, 7) is 3.90. The molecule has 1 atom stereocenters. The third-order valence-electron chi connectivity index (χ3n) is 1.81. The second-order valence-corrected chi connectivity index (χ2v) is 3.62. The van der Waals surface area contributed by atoms with Crippen LogP contribution in [0.1, 0.15) is 39.5 Å². The normalized spacial score (nSPS) is 12.2. The molecule has 0 heterocycles. The molecule has 0 rings (SSSR count). The van der Waals surface area contributed by atoms with Crippen LogP contribution >= 0.6 is 12.2 Å². The number of nitrogens with one attached hydrogen (secondary N) is 1. The van der Waals surface area contributed by atoms with Gasteiger partial charge in [-0.3, -0.25) is 4.79 Å². The van der Waals surface area contributed by atoms with Crippen LogP contribution in [0.15, 0.2) is 0 Å². The largest absolute Gasteiger partial charge is 0.392 e. The fourth-order valence-electron chi connectivity index (χ4n) is 0.920. The first kappa shape index (κ1) is 12.4. The van der Waals surface area contributed by atoms with E-state index in [9.17, 15) is 4.79 Å². The van der Waals surface area contributed by atoms with Crippen molar-refractivity contribution in [1.82, 2.24) is 5.32 Å². The molecular formula is C9H18N2OS. The molecule has 0 radical (unpaired) electrons. The Labute approximate surface area is 85.1 Å². The lowest BCUT2D eigenvalue weighted by Crippen LogP contribution is -2.41. The zero-order chi connectivity index (χ0) is 10.3. The van der Waals surface area contributed by atoms with E-state index in [1.54, 1.807) is 6.92 Å². The van der Waals surface area contributed by atoms with Crippen LogP contribution in [0.25, 0.3) is 0 Å². The van der Waals surface area contributed by atoms with Crippen molar-refractivity contribution >= 4 is 23.1 Å². The Balaban J connectivity index is 3.56. The third-order valence-corrected chi connectivity index (χ3v) is 2.17. The van der Waals surface area contributed by atoms with E-state index >= 15 is 0 Å². The van der Waals surface area contributed by atoms with Crippen LogP contribution in [0.3, 0.4) is 0 Å². The van der Waals surface area contributed by atoms with Gasteiger partial charge in [-0.15, -0.1) is 0 Å². The number of hydrogen-bond acceptors (Lipinski definition) is 2. The Morgan fingerprint density at radius 2 is 2.15 bits per heavy atom. The molecule has 0 spiro atoms. The number of hydrogen-bond donors (Lipinski definition) is 2. The molecule has 0 aliphatic rings. The van der Waals surface area contributed by atoms with Crippen LogP contribution in [0.5, 0.6) is 0 Å². The summed E-state index contributed by atoms with van der Waals surface area (Å²) in [4.78, 5) is 11.5. The van der Waals surface area contributed by atoms with Gasteiger partial charge in [0.05, 0.1) is 11.0 Å². The molecule has 1 amide bonds. The maximum Gasteiger partial charge on any atom is 0.220 e. The van der Waals surface area contributed by atoms with Gasteiger partial charge in [0, 0.05) is 6.42 Å². The smallest absolute Gasteiger partial charge is 0.220 e. The molecule has 0 aliphatic carbocycles. The van der Waals surface area contributed by atoms with Crippen LogP contribution in [0.2, 0.25) is 0 Å². The van der Waals surface area contributed by atoms with Gasteiger partial charge in [-0.05, 0) is 13.3 Å². The van der Waals surface area contributed by atoms with E-state index in [1.165, 1.54) is 0 Å². The molecule has 3 nitrogen and oxygen atoms in total. The van der Waals surface area contributed by atoms with Crippen molar-refractivity contribution in [3.8, 4) is 0 Å². The second-order valence-electron chi connectivity index (χ2n) is 3.15. The molecule has 0 aromatic heterocycles. The minimum absolute atomic E-state index is 0.0359. The number of nitrogens with two attached hydrogens (primary N) is 1. The molecule has 0 aromatic rings. The molecule has 0 aromatic carbocycles. The standard InChI is InChI=1S/C9H18N2OS/c1-3-4-5-6-8(12)11-7(2)9(10)13/h7H,3-6H2,1-2H3,(H2,10,13)(H,11,12). The maximum absolute atomic E-state index is 11.2. The molecule has 0 fully saturated rings. The number of unbranched alkanes of at least 4 members (excludes halogenated alkanes) is 2. The van der Waals surface area contributed by atoms with Crippen molar-refractivity contribution in [3.63, 3.8) is 0 Å². The van der Waals surface area contributed by atoms with Gasteiger partial charge in [-0.25, -0.2) is 0 Å². The van der Waals surface area contributed by atoms with Gasteiger partial charge in [0.1, 0.15) is 0 Å². The summed E-state index contributed by atoms with van der Waals surface area (Å²) < 4.78 is 0. The molecule has 76 valence electrons. The second kappa shape index (κ2) is 6.83. The van der Waals surface area contributed by atoms with E-state index in [0.29, 0.717) is 11.4 Å². The summed E-state index contributed by atoms with van der Waals surface area (Å²) in [6.07, 6.45) is 3.72. The van der Waals surface area contributed by atoms with E-state index in [4.69, 9.17) is 18.0 Å². The molecule has 0 saturated heterocycles. The highest BCUT2D eigenvalue weighted by Gasteiger charge is 2.08. The summed E-state index contributed by atoms with van der Waals surface area (Å²) in [6, 6.07) is -0.191. The van der Waals surface area contributed by atoms with Crippen molar-refractivity contribution in [2.45, 2.75) is 45.6 Å². The molecular weight excluding hydrogens is 184 g/mol. The number of rotatable bonds is 6. The fourth-order valence-corrected chi connectivity index (χ4v) is 0.979. The molecule has 13 heavy (non-hydrogen) atoms. The number of amides is 1. The van der Waals surface area contributed by atoms with E-state index in [1.807, 2.05) is 0 Å². The quantitative estimate of drug-likeness (QED) is 0.505. The van der Waals surface area contributed by atoms with E-state index in [0.717, 1.165) is 19.3 Å². The molecule has 4 heteroatoms. The highest BCUT2D eigenvalue weighted by Crippen LogP contribution is 1.98. The summed E-state index contributed by atoms with van der Waals surface area (Å²) >= 11 is 4.74. The van der Waals surface area contributed by atoms with Crippen molar-refractivity contribution < 1.29 is 4.79 Å². The number of carbonyl (C=O) groups excluding carboxylic acids is 1. The molecule has 0 bridgehead atoms. The topological polar surface area (TPSA) is 55.1 Å². The van der Waals surface area contributed by atoms with E-state index in [-0.39, 0.29) is 11.9 Å². The van der Waals surface area contributed by atoms with E-state index in [2.05, 4.69) is 12.2 Å². The summed E-state index contributed by atoms with van der Waals surface area (Å²) in [5, 5.41) is 2.73. The number of thiocarbonyl (C=S) groups is 1. The first-order valence-electron chi connectivity index (χ1n) is 4.66. The first-order valence-corrected chi connectivity index (χ1v) is 5.07. The van der Waals surface area contributed by atoms with Crippen LogP contribution < -0.4 is 11.1 Å². The first-order chi connectivity index (χ1) is 6.07. The zero-order valence-electron chi connectivity index (χ0n) is 8.30. The third kappa shape index (κ3) is 6.51. The van der Waals surface area contributed by atoms with Crippen LogP contribution in [0.4, 0.5) is 0 Å². The van der Waals surface area contributed by atoms with Crippen LogP contribution in [0, 0.1) is 0 Å². The van der Waals surface area contributed by atoms with Crippen LogP contribution in [-0.2, 0) is 4.79 Å². The molecule has 0 saturated carbocycles. The average Bonchev–Trinajstić information content (AvgIpc) is 2.04. The lowest BCUT2D eigenvalue weighted by molar-refractivity contribution is -0.121. The van der Waals surface area contributed by atoms with Gasteiger partial charge in [0.15, 0.2) is 0 Å². The monoisotopic (exact) mass is 202 g/mol. The van der Waals surface area contributed by atoms with Crippen molar-refractivity contribution in [3.05, 3.63) is 0 Å². The van der Waals surface area contributed by atoms with Gasteiger partial charge in [0.2, 0.25) is 5.91 Å². The minimum atomic E-state index is -0.191. The van der Waals surface area contributed by atoms with Gasteiger partial charge in [-0.1, -0.05) is 32.0 Å². The lowest BCUT2D eigenvalue weighted by Gasteiger charge is -2.11. The van der Waals surface area contributed by atoms with Gasteiger partial charge >= 0.3 is 0 Å². The Morgan fingerprint density at radius 1 is 1.54 bits per heavy atom. The van der Waals surface area contributed by atoms with E-state index < -0.39 is 0 Å².